The van der Waals surface area contributed by atoms with Gasteiger partial charge in [0.15, 0.2) is 16.5 Å². The predicted octanol–water partition coefficient (Wildman–Crippen LogP) is 4.83. The molecule has 0 bridgehead atoms. The molecular formula is C21H16FN3O3S. The zero-order valence-electron chi connectivity index (χ0n) is 15.6. The van der Waals surface area contributed by atoms with E-state index in [2.05, 4.69) is 15.3 Å². The molecule has 1 amide bonds. The van der Waals surface area contributed by atoms with Crippen molar-refractivity contribution in [3.05, 3.63) is 76.5 Å². The normalized spacial score (nSPS) is 11.6. The van der Waals surface area contributed by atoms with E-state index in [1.807, 2.05) is 6.07 Å². The topological polar surface area (TPSA) is 76.7 Å². The number of methoxy groups -OCH3 is 1. The van der Waals surface area contributed by atoms with E-state index in [1.165, 1.54) is 36.6 Å². The minimum Gasteiger partial charge on any atom is -0.493 e. The maximum atomic E-state index is 13.5. The van der Waals surface area contributed by atoms with Gasteiger partial charge in [-0.2, -0.15) is 0 Å². The van der Waals surface area contributed by atoms with Crippen LogP contribution in [0.5, 0.6) is 5.75 Å². The molecule has 0 aliphatic carbocycles. The van der Waals surface area contributed by atoms with Crippen LogP contribution < -0.4 is 15.6 Å². The average Bonchev–Trinajstić information content (AvgIpc) is 3.22. The highest BCUT2D eigenvalue weighted by Crippen LogP contribution is 2.26. The van der Waals surface area contributed by atoms with Crippen LogP contribution in [-0.2, 0) is 0 Å². The van der Waals surface area contributed by atoms with Gasteiger partial charge in [-0.05, 0) is 42.8 Å². The van der Waals surface area contributed by atoms with Gasteiger partial charge < -0.3 is 9.15 Å². The maximum Gasteiger partial charge on any atom is 0.262 e. The molecule has 0 spiro atoms. The molecule has 0 saturated carbocycles. The molecule has 4 rings (SSSR count). The molecule has 4 aromatic rings. The number of hydrogen-bond acceptors (Lipinski definition) is 6. The highest BCUT2D eigenvalue weighted by Gasteiger charge is 2.16. The van der Waals surface area contributed by atoms with Crippen LogP contribution in [0.25, 0.3) is 11.0 Å². The number of nitrogens with one attached hydrogen (secondary N) is 1. The molecule has 6 nitrogen and oxygen atoms in total. The Kier molecular flexibility index (Phi) is 5.09. The number of nitrogens with zero attached hydrogens (tertiary/aromatic N) is 2. The number of aryl methyl sites for hydroxylation is 1. The van der Waals surface area contributed by atoms with Gasteiger partial charge in [0.05, 0.1) is 12.8 Å². The molecule has 2 heterocycles. The first-order valence-corrected chi connectivity index (χ1v) is 9.55. The van der Waals surface area contributed by atoms with Crippen molar-refractivity contribution in [1.29, 1.82) is 0 Å². The van der Waals surface area contributed by atoms with Crippen molar-refractivity contribution in [1.82, 2.24) is 4.98 Å². The number of fused-ring (bicyclic) bond motifs is 1. The summed E-state index contributed by atoms with van der Waals surface area (Å²) in [7, 11) is 1.54. The summed E-state index contributed by atoms with van der Waals surface area (Å²) in [4.78, 5) is 21.5. The van der Waals surface area contributed by atoms with Gasteiger partial charge in [0.1, 0.15) is 11.4 Å². The molecule has 0 aliphatic heterocycles. The van der Waals surface area contributed by atoms with Crippen LogP contribution in [0.4, 0.5) is 15.2 Å². The zero-order chi connectivity index (χ0) is 20.4. The van der Waals surface area contributed by atoms with E-state index in [4.69, 9.17) is 9.15 Å². The molecule has 29 heavy (non-hydrogen) atoms. The van der Waals surface area contributed by atoms with Gasteiger partial charge in [-0.25, -0.2) is 14.4 Å². The number of amides is 1. The van der Waals surface area contributed by atoms with Gasteiger partial charge in [-0.3, -0.25) is 10.1 Å². The highest BCUT2D eigenvalue weighted by atomic mass is 32.1. The third-order valence-electron chi connectivity index (χ3n) is 4.24. The number of thiazole rings is 1. The van der Waals surface area contributed by atoms with Gasteiger partial charge >= 0.3 is 0 Å². The molecule has 2 aromatic carbocycles. The first-order valence-electron chi connectivity index (χ1n) is 8.68. The minimum absolute atomic E-state index is 0.0887. The van der Waals surface area contributed by atoms with Crippen molar-refractivity contribution in [2.75, 3.05) is 12.4 Å². The number of para-hydroxylation sites is 1. The monoisotopic (exact) mass is 409 g/mol. The number of carbonyl (C=O) groups is 1. The summed E-state index contributed by atoms with van der Waals surface area (Å²) in [6, 6.07) is 11.3. The van der Waals surface area contributed by atoms with Crippen LogP contribution >= 0.6 is 11.3 Å². The van der Waals surface area contributed by atoms with Crippen LogP contribution in [0.15, 0.2) is 63.5 Å². The number of rotatable bonds is 4. The van der Waals surface area contributed by atoms with E-state index < -0.39 is 5.91 Å². The third kappa shape index (κ3) is 3.88. The van der Waals surface area contributed by atoms with Crippen molar-refractivity contribution < 1.29 is 18.3 Å². The lowest BCUT2D eigenvalue weighted by Gasteiger charge is -2.08. The van der Waals surface area contributed by atoms with Crippen molar-refractivity contribution in [3.8, 4) is 5.75 Å². The minimum atomic E-state index is -0.410. The van der Waals surface area contributed by atoms with Crippen LogP contribution in [0.3, 0.4) is 0 Å². The van der Waals surface area contributed by atoms with Crippen molar-refractivity contribution in [2.45, 2.75) is 6.92 Å². The van der Waals surface area contributed by atoms with E-state index in [-0.39, 0.29) is 16.9 Å². The third-order valence-corrected chi connectivity index (χ3v) is 4.93. The van der Waals surface area contributed by atoms with Gasteiger partial charge in [0.2, 0.25) is 5.55 Å². The summed E-state index contributed by atoms with van der Waals surface area (Å²) in [6.45, 7) is 1.73. The van der Waals surface area contributed by atoms with Crippen LogP contribution in [-0.4, -0.2) is 18.0 Å². The summed E-state index contributed by atoms with van der Waals surface area (Å²) < 4.78 is 24.8. The fourth-order valence-corrected chi connectivity index (χ4v) is 3.36. The number of ether oxygens (including phenoxy) is 1. The summed E-state index contributed by atoms with van der Waals surface area (Å²) in [5.74, 6) is -0.256. The van der Waals surface area contributed by atoms with E-state index in [1.54, 1.807) is 36.7 Å². The summed E-state index contributed by atoms with van der Waals surface area (Å²) in [5.41, 5.74) is 1.88. The molecule has 2 aromatic heterocycles. The van der Waals surface area contributed by atoms with Crippen molar-refractivity contribution >= 4 is 39.0 Å². The number of hydrogen-bond donors (Lipinski definition) is 1. The molecule has 0 saturated heterocycles. The first-order chi connectivity index (χ1) is 14.0. The van der Waals surface area contributed by atoms with Gasteiger partial charge in [0, 0.05) is 17.0 Å². The lowest BCUT2D eigenvalue weighted by molar-refractivity contribution is 0.102. The zero-order valence-corrected chi connectivity index (χ0v) is 16.4. The molecule has 0 unspecified atom stereocenters. The van der Waals surface area contributed by atoms with Crippen LogP contribution in [0, 0.1) is 12.7 Å². The number of anilines is 1. The second-order valence-electron chi connectivity index (χ2n) is 6.18. The Labute approximate surface area is 169 Å². The van der Waals surface area contributed by atoms with Crippen molar-refractivity contribution in [2.24, 2.45) is 4.99 Å². The molecule has 146 valence electrons. The van der Waals surface area contributed by atoms with Gasteiger partial charge in [0.25, 0.3) is 5.91 Å². The first kappa shape index (κ1) is 18.8. The molecule has 0 atom stereocenters. The fraction of sp³-hybridized carbons (Fsp3) is 0.0952. The Hall–Kier alpha value is -3.52. The van der Waals surface area contributed by atoms with Crippen LogP contribution in [0.1, 0.15) is 15.9 Å². The number of benzene rings is 2. The van der Waals surface area contributed by atoms with Crippen molar-refractivity contribution in [3.63, 3.8) is 0 Å². The summed E-state index contributed by atoms with van der Waals surface area (Å²) in [6.07, 6.45) is 1.60. The quantitative estimate of drug-likeness (QED) is 0.524. The largest absolute Gasteiger partial charge is 0.493 e. The Morgan fingerprint density at radius 1 is 1.28 bits per heavy atom. The Bertz CT molecular complexity index is 1270. The second-order valence-corrected chi connectivity index (χ2v) is 7.07. The molecular weight excluding hydrogens is 393 g/mol. The molecule has 0 radical (unpaired) electrons. The van der Waals surface area contributed by atoms with Gasteiger partial charge in [-0.15, -0.1) is 11.3 Å². The van der Waals surface area contributed by atoms with E-state index in [9.17, 15) is 9.18 Å². The smallest absolute Gasteiger partial charge is 0.262 e. The van der Waals surface area contributed by atoms with Gasteiger partial charge in [-0.1, -0.05) is 12.1 Å². The lowest BCUT2D eigenvalue weighted by Crippen LogP contribution is -2.21. The number of halogens is 1. The standard InChI is InChI=1S/C21H16FN3O3S/c1-12-10-14(22)6-7-16(12)24-20-15(19(26)25-21-23-8-9-29-21)11-13-4-3-5-17(27-2)18(13)28-20/h3-11H,1-2H3,(H,23,25,26). The van der Waals surface area contributed by atoms with E-state index in [0.717, 1.165) is 0 Å². The molecule has 0 aliphatic rings. The SMILES string of the molecule is COc1cccc2cc(C(=O)Nc3nccs3)c(=Nc3ccc(F)cc3C)oc12. The Morgan fingerprint density at radius 2 is 2.14 bits per heavy atom. The number of aromatic nitrogens is 1. The summed E-state index contributed by atoms with van der Waals surface area (Å²) in [5, 5.41) is 5.65. The predicted molar refractivity (Wildman–Crippen MR) is 109 cm³/mol. The Balaban J connectivity index is 1.93. The second kappa shape index (κ2) is 7.84. The van der Waals surface area contributed by atoms with E-state index in [0.29, 0.717) is 33.1 Å². The molecule has 0 fully saturated rings. The maximum absolute atomic E-state index is 13.5. The highest BCUT2D eigenvalue weighted by molar-refractivity contribution is 7.13. The lowest BCUT2D eigenvalue weighted by atomic mass is 10.1. The molecule has 1 N–H and O–H groups in total. The fourth-order valence-electron chi connectivity index (χ4n) is 2.83. The summed E-state index contributed by atoms with van der Waals surface area (Å²) >= 11 is 1.30. The molecule has 8 heteroatoms. The Morgan fingerprint density at radius 3 is 2.86 bits per heavy atom. The van der Waals surface area contributed by atoms with E-state index >= 15 is 0 Å². The average molecular weight is 409 g/mol. The van der Waals surface area contributed by atoms with Crippen LogP contribution in [0.2, 0.25) is 0 Å². The number of carbonyl (C=O) groups excluding carboxylic acids is 1.